The van der Waals surface area contributed by atoms with Crippen molar-refractivity contribution in [3.8, 4) is 17.4 Å². The molecular formula is C27H29FN4O3. The highest BCUT2D eigenvalue weighted by molar-refractivity contribution is 5.79. The first kappa shape index (κ1) is 23.1. The average Bonchev–Trinajstić information content (AvgIpc) is 2.90. The molecule has 0 aliphatic carbocycles. The molecule has 0 N–H and O–H groups in total. The van der Waals surface area contributed by atoms with Gasteiger partial charge in [-0.25, -0.2) is 9.37 Å². The number of amides is 1. The fourth-order valence-corrected chi connectivity index (χ4v) is 4.60. The van der Waals surface area contributed by atoms with E-state index in [9.17, 15) is 9.18 Å². The zero-order valence-electron chi connectivity index (χ0n) is 19.9. The number of anilines is 1. The molecule has 0 radical (unpaired) electrons. The van der Waals surface area contributed by atoms with E-state index in [1.54, 1.807) is 24.1 Å². The number of piperidine rings is 1. The molecule has 1 fully saturated rings. The summed E-state index contributed by atoms with van der Waals surface area (Å²) in [5, 5.41) is 0. The zero-order valence-corrected chi connectivity index (χ0v) is 19.9. The van der Waals surface area contributed by atoms with Crippen LogP contribution in [0.15, 0.2) is 48.5 Å². The van der Waals surface area contributed by atoms with Crippen LogP contribution in [0.2, 0.25) is 0 Å². The summed E-state index contributed by atoms with van der Waals surface area (Å²) in [5.41, 5.74) is 2.51. The second-order valence-electron chi connectivity index (χ2n) is 8.92. The van der Waals surface area contributed by atoms with Crippen molar-refractivity contribution in [2.24, 2.45) is 0 Å². The smallest absolute Gasteiger partial charge is 0.229 e. The number of benzene rings is 2. The molecule has 2 aromatic carbocycles. The van der Waals surface area contributed by atoms with Crippen molar-refractivity contribution < 1.29 is 18.7 Å². The first-order valence-corrected chi connectivity index (χ1v) is 12.1. The van der Waals surface area contributed by atoms with Gasteiger partial charge in [0, 0.05) is 26.1 Å². The van der Waals surface area contributed by atoms with Gasteiger partial charge in [0.1, 0.15) is 5.82 Å². The van der Waals surface area contributed by atoms with Crippen LogP contribution in [0.3, 0.4) is 0 Å². The second-order valence-corrected chi connectivity index (χ2v) is 8.92. The normalized spacial score (nSPS) is 15.5. The lowest BCUT2D eigenvalue weighted by Crippen LogP contribution is -2.38. The second kappa shape index (κ2) is 10.3. The summed E-state index contributed by atoms with van der Waals surface area (Å²) in [6.45, 7) is 2.78. The van der Waals surface area contributed by atoms with E-state index in [0.29, 0.717) is 42.8 Å². The van der Waals surface area contributed by atoms with Gasteiger partial charge in [0.2, 0.25) is 17.7 Å². The van der Waals surface area contributed by atoms with Gasteiger partial charge in [-0.05, 0) is 49.1 Å². The maximum Gasteiger partial charge on any atom is 0.229 e. The van der Waals surface area contributed by atoms with Crippen LogP contribution >= 0.6 is 0 Å². The van der Waals surface area contributed by atoms with Gasteiger partial charge in [0.25, 0.3) is 0 Å². The number of methoxy groups -OCH3 is 1. The molecule has 35 heavy (non-hydrogen) atoms. The predicted octanol–water partition coefficient (Wildman–Crippen LogP) is 4.53. The molecule has 7 nitrogen and oxygen atoms in total. The standard InChI is InChI=1S/C27H29FN4O3/c1-34-23-7-3-4-8-24(23)35-26-21-18-32(25(33)17-19-9-11-20(28)12-10-19)16-13-22(21)29-27(30-26)31-14-5-2-6-15-31/h3-4,7-12H,2,5-6,13-18H2,1H3. The van der Waals surface area contributed by atoms with E-state index >= 15 is 0 Å². The van der Waals surface area contributed by atoms with Crippen molar-refractivity contribution >= 4 is 11.9 Å². The Morgan fingerprint density at radius 2 is 1.71 bits per heavy atom. The lowest BCUT2D eigenvalue weighted by molar-refractivity contribution is -0.131. The van der Waals surface area contributed by atoms with Crippen LogP contribution in [-0.4, -0.2) is 47.5 Å². The van der Waals surface area contributed by atoms with E-state index in [0.717, 1.165) is 42.8 Å². The van der Waals surface area contributed by atoms with Gasteiger partial charge in [-0.2, -0.15) is 4.98 Å². The maximum absolute atomic E-state index is 13.3. The summed E-state index contributed by atoms with van der Waals surface area (Å²) in [6.07, 6.45) is 4.29. The molecule has 182 valence electrons. The highest BCUT2D eigenvalue weighted by atomic mass is 19.1. The predicted molar refractivity (Wildman–Crippen MR) is 130 cm³/mol. The third-order valence-electron chi connectivity index (χ3n) is 6.55. The number of para-hydroxylation sites is 2. The van der Waals surface area contributed by atoms with Crippen LogP contribution in [0, 0.1) is 5.82 Å². The molecule has 2 aliphatic rings. The molecule has 3 heterocycles. The highest BCUT2D eigenvalue weighted by Crippen LogP contribution is 2.35. The Labute approximate surface area is 204 Å². The number of nitrogens with zero attached hydrogens (tertiary/aromatic N) is 4. The number of ether oxygens (including phenoxy) is 2. The Morgan fingerprint density at radius 3 is 2.46 bits per heavy atom. The topological polar surface area (TPSA) is 67.8 Å². The Kier molecular flexibility index (Phi) is 6.79. The molecule has 0 spiro atoms. The van der Waals surface area contributed by atoms with E-state index in [4.69, 9.17) is 19.4 Å². The number of carbonyl (C=O) groups is 1. The molecule has 1 amide bonds. The van der Waals surface area contributed by atoms with Gasteiger partial charge in [-0.3, -0.25) is 4.79 Å². The van der Waals surface area contributed by atoms with Gasteiger partial charge in [0.05, 0.1) is 31.3 Å². The summed E-state index contributed by atoms with van der Waals surface area (Å²) < 4.78 is 25.0. The quantitative estimate of drug-likeness (QED) is 0.521. The van der Waals surface area contributed by atoms with Crippen LogP contribution in [-0.2, 0) is 24.2 Å². The maximum atomic E-state index is 13.3. The van der Waals surface area contributed by atoms with Crippen molar-refractivity contribution in [2.75, 3.05) is 31.6 Å². The van der Waals surface area contributed by atoms with Crippen LogP contribution in [0.1, 0.15) is 36.1 Å². The van der Waals surface area contributed by atoms with Gasteiger partial charge < -0.3 is 19.3 Å². The van der Waals surface area contributed by atoms with Crippen molar-refractivity contribution in [2.45, 2.75) is 38.6 Å². The number of hydrogen-bond donors (Lipinski definition) is 0. The Morgan fingerprint density at radius 1 is 0.971 bits per heavy atom. The van der Waals surface area contributed by atoms with Crippen LogP contribution in [0.4, 0.5) is 10.3 Å². The molecule has 0 bridgehead atoms. The molecule has 2 aliphatic heterocycles. The van der Waals surface area contributed by atoms with E-state index in [-0.39, 0.29) is 18.1 Å². The molecule has 5 rings (SSSR count). The van der Waals surface area contributed by atoms with Gasteiger partial charge in [-0.1, -0.05) is 24.3 Å². The number of carbonyl (C=O) groups excluding carboxylic acids is 1. The highest BCUT2D eigenvalue weighted by Gasteiger charge is 2.28. The van der Waals surface area contributed by atoms with Crippen molar-refractivity contribution in [3.05, 3.63) is 71.2 Å². The zero-order chi connectivity index (χ0) is 24.2. The van der Waals surface area contributed by atoms with Crippen LogP contribution < -0.4 is 14.4 Å². The minimum Gasteiger partial charge on any atom is -0.493 e. The molecule has 8 heteroatoms. The summed E-state index contributed by atoms with van der Waals surface area (Å²) >= 11 is 0. The summed E-state index contributed by atoms with van der Waals surface area (Å²) in [7, 11) is 1.60. The number of aromatic nitrogens is 2. The van der Waals surface area contributed by atoms with Gasteiger partial charge in [-0.15, -0.1) is 0 Å². The molecular weight excluding hydrogens is 447 g/mol. The summed E-state index contributed by atoms with van der Waals surface area (Å²) in [4.78, 5) is 26.8. The van der Waals surface area contributed by atoms with E-state index in [1.165, 1.54) is 18.6 Å². The van der Waals surface area contributed by atoms with E-state index < -0.39 is 0 Å². The van der Waals surface area contributed by atoms with Gasteiger partial charge in [0.15, 0.2) is 11.5 Å². The summed E-state index contributed by atoms with van der Waals surface area (Å²) in [6, 6.07) is 13.5. The van der Waals surface area contributed by atoms with Crippen molar-refractivity contribution in [1.82, 2.24) is 14.9 Å². The van der Waals surface area contributed by atoms with E-state index in [2.05, 4.69) is 4.90 Å². The Bertz CT molecular complexity index is 1200. The molecule has 0 unspecified atom stereocenters. The van der Waals surface area contributed by atoms with Gasteiger partial charge >= 0.3 is 0 Å². The third kappa shape index (κ3) is 5.21. The largest absolute Gasteiger partial charge is 0.493 e. The van der Waals surface area contributed by atoms with E-state index in [1.807, 2.05) is 24.3 Å². The van der Waals surface area contributed by atoms with Crippen LogP contribution in [0.25, 0.3) is 0 Å². The molecule has 1 saturated heterocycles. The summed E-state index contributed by atoms with van der Waals surface area (Å²) in [5.74, 6) is 1.98. The number of fused-ring (bicyclic) bond motifs is 1. The fourth-order valence-electron chi connectivity index (χ4n) is 4.60. The molecule has 3 aromatic rings. The lowest BCUT2D eigenvalue weighted by atomic mass is 10.0. The fraction of sp³-hybridized carbons (Fsp3) is 0.370. The minimum absolute atomic E-state index is 0.0226. The average molecular weight is 477 g/mol. The molecule has 0 saturated carbocycles. The van der Waals surface area contributed by atoms with Crippen LogP contribution in [0.5, 0.6) is 17.4 Å². The molecule has 1 aromatic heterocycles. The number of rotatable bonds is 6. The Hall–Kier alpha value is -3.68. The number of halogens is 1. The van der Waals surface area contributed by atoms with Crippen molar-refractivity contribution in [1.29, 1.82) is 0 Å². The monoisotopic (exact) mass is 476 g/mol. The SMILES string of the molecule is COc1ccccc1Oc1nc(N2CCCCC2)nc2c1CN(C(=O)Cc1ccc(F)cc1)CC2. The first-order chi connectivity index (χ1) is 17.1. The number of hydrogen-bond acceptors (Lipinski definition) is 6. The lowest BCUT2D eigenvalue weighted by Gasteiger charge is -2.32. The van der Waals surface area contributed by atoms with Crippen molar-refractivity contribution in [3.63, 3.8) is 0 Å². The third-order valence-corrected chi connectivity index (χ3v) is 6.55. The molecule has 0 atom stereocenters. The minimum atomic E-state index is -0.312. The Balaban J connectivity index is 1.44. The first-order valence-electron chi connectivity index (χ1n) is 12.1.